The first-order valence-electron chi connectivity index (χ1n) is 4.98. The molecular formula is C11H6Cl2F3N3. The van der Waals surface area contributed by atoms with Crippen molar-refractivity contribution in [2.75, 3.05) is 5.32 Å². The van der Waals surface area contributed by atoms with E-state index >= 15 is 0 Å². The van der Waals surface area contributed by atoms with Gasteiger partial charge >= 0.3 is 6.18 Å². The van der Waals surface area contributed by atoms with Gasteiger partial charge in [0, 0.05) is 5.69 Å². The maximum Gasteiger partial charge on any atom is 0.416 e. The van der Waals surface area contributed by atoms with Crippen molar-refractivity contribution < 1.29 is 13.2 Å². The lowest BCUT2D eigenvalue weighted by atomic mass is 10.2. The quantitative estimate of drug-likeness (QED) is 0.827. The zero-order chi connectivity index (χ0) is 14.0. The third-order valence-corrected chi connectivity index (χ3v) is 2.65. The molecule has 19 heavy (non-hydrogen) atoms. The summed E-state index contributed by atoms with van der Waals surface area (Å²) >= 11 is 11.4. The van der Waals surface area contributed by atoms with Crippen LogP contribution in [0.4, 0.5) is 24.7 Å². The number of nitrogens with zero attached hydrogens (tertiary/aromatic N) is 2. The average molecular weight is 308 g/mol. The summed E-state index contributed by atoms with van der Waals surface area (Å²) in [6, 6.07) is 4.46. The minimum absolute atomic E-state index is 0.0150. The number of hydrogen-bond donors (Lipinski definition) is 1. The fourth-order valence-electron chi connectivity index (χ4n) is 1.31. The Morgan fingerprint density at radius 3 is 2.26 bits per heavy atom. The number of halogens is 5. The van der Waals surface area contributed by atoms with Crippen LogP contribution in [0.15, 0.2) is 30.5 Å². The molecule has 0 aliphatic heterocycles. The molecule has 0 fully saturated rings. The zero-order valence-electron chi connectivity index (χ0n) is 9.17. The normalized spacial score (nSPS) is 11.4. The number of anilines is 2. The molecule has 100 valence electrons. The Bertz CT molecular complexity index is 585. The van der Waals surface area contributed by atoms with Gasteiger partial charge in [-0.2, -0.15) is 18.2 Å². The molecule has 3 nitrogen and oxygen atoms in total. The molecule has 0 unspecified atom stereocenters. The van der Waals surface area contributed by atoms with E-state index < -0.39 is 11.7 Å². The molecule has 0 atom stereocenters. The molecule has 0 aliphatic carbocycles. The molecule has 1 N–H and O–H groups in total. The van der Waals surface area contributed by atoms with Gasteiger partial charge in [0.1, 0.15) is 5.02 Å². The number of aromatic nitrogens is 2. The Morgan fingerprint density at radius 2 is 1.68 bits per heavy atom. The second-order valence-electron chi connectivity index (χ2n) is 3.54. The molecule has 0 radical (unpaired) electrons. The van der Waals surface area contributed by atoms with E-state index in [1.54, 1.807) is 0 Å². The first kappa shape index (κ1) is 13.9. The van der Waals surface area contributed by atoms with Gasteiger partial charge in [-0.25, -0.2) is 4.98 Å². The van der Waals surface area contributed by atoms with Crippen molar-refractivity contribution in [1.29, 1.82) is 0 Å². The van der Waals surface area contributed by atoms with E-state index in [9.17, 15) is 13.2 Å². The number of nitrogens with one attached hydrogen (secondary N) is 1. The fraction of sp³-hybridized carbons (Fsp3) is 0.0909. The highest BCUT2D eigenvalue weighted by Crippen LogP contribution is 2.31. The predicted octanol–water partition coefficient (Wildman–Crippen LogP) is 4.55. The minimum atomic E-state index is -4.37. The molecule has 8 heteroatoms. The van der Waals surface area contributed by atoms with E-state index in [2.05, 4.69) is 15.3 Å². The summed E-state index contributed by atoms with van der Waals surface area (Å²) in [5, 5.41) is 2.95. The lowest BCUT2D eigenvalue weighted by Gasteiger charge is -2.09. The van der Waals surface area contributed by atoms with Crippen LogP contribution in [0.1, 0.15) is 5.56 Å². The third kappa shape index (κ3) is 3.48. The monoisotopic (exact) mass is 307 g/mol. The molecule has 1 aromatic heterocycles. The molecular weight excluding hydrogens is 302 g/mol. The van der Waals surface area contributed by atoms with Crippen LogP contribution in [-0.4, -0.2) is 9.97 Å². The van der Waals surface area contributed by atoms with Crippen molar-refractivity contribution in [1.82, 2.24) is 9.97 Å². The van der Waals surface area contributed by atoms with Crippen molar-refractivity contribution in [2.45, 2.75) is 6.18 Å². The SMILES string of the molecule is FC(F)(F)c1ccc(Nc2nc(Cl)ncc2Cl)cc1. The van der Waals surface area contributed by atoms with Gasteiger partial charge in [0.15, 0.2) is 5.82 Å². The lowest BCUT2D eigenvalue weighted by Crippen LogP contribution is -2.04. The van der Waals surface area contributed by atoms with Crippen LogP contribution in [0, 0.1) is 0 Å². The first-order valence-corrected chi connectivity index (χ1v) is 5.74. The van der Waals surface area contributed by atoms with Gasteiger partial charge in [0.25, 0.3) is 0 Å². The smallest absolute Gasteiger partial charge is 0.339 e. The van der Waals surface area contributed by atoms with Crippen LogP contribution in [0.3, 0.4) is 0 Å². The zero-order valence-corrected chi connectivity index (χ0v) is 10.7. The summed E-state index contributed by atoms with van der Waals surface area (Å²) in [7, 11) is 0. The standard InChI is InChI=1S/C11H6Cl2F3N3/c12-8-5-17-10(13)19-9(8)18-7-3-1-6(2-4-7)11(14,15)16/h1-5H,(H,17,18,19). The van der Waals surface area contributed by atoms with Crippen molar-refractivity contribution in [3.8, 4) is 0 Å². The maximum absolute atomic E-state index is 12.4. The van der Waals surface area contributed by atoms with Crippen LogP contribution in [0.25, 0.3) is 0 Å². The Kier molecular flexibility index (Phi) is 3.82. The van der Waals surface area contributed by atoms with E-state index in [0.717, 1.165) is 12.1 Å². The molecule has 0 saturated heterocycles. The predicted molar refractivity (Wildman–Crippen MR) is 66.8 cm³/mol. The van der Waals surface area contributed by atoms with Crippen LogP contribution < -0.4 is 5.32 Å². The van der Waals surface area contributed by atoms with Gasteiger partial charge in [-0.1, -0.05) is 11.6 Å². The second kappa shape index (κ2) is 5.22. The molecule has 0 bridgehead atoms. The molecule has 0 saturated carbocycles. The van der Waals surface area contributed by atoms with E-state index in [1.165, 1.54) is 18.3 Å². The Labute approximate surface area is 116 Å². The summed E-state index contributed by atoms with van der Waals surface area (Å²) in [6.07, 6.45) is -3.07. The van der Waals surface area contributed by atoms with Gasteiger partial charge in [-0.3, -0.25) is 0 Å². The van der Waals surface area contributed by atoms with Crippen molar-refractivity contribution in [3.05, 3.63) is 46.3 Å². The highest BCUT2D eigenvalue weighted by atomic mass is 35.5. The Balaban J connectivity index is 2.22. The fourth-order valence-corrected chi connectivity index (χ4v) is 1.58. The Morgan fingerprint density at radius 1 is 1.05 bits per heavy atom. The van der Waals surface area contributed by atoms with Gasteiger partial charge in [-0.15, -0.1) is 0 Å². The van der Waals surface area contributed by atoms with Gasteiger partial charge in [0.2, 0.25) is 5.28 Å². The van der Waals surface area contributed by atoms with Gasteiger partial charge in [0.05, 0.1) is 11.8 Å². The largest absolute Gasteiger partial charge is 0.416 e. The highest BCUT2D eigenvalue weighted by Gasteiger charge is 2.29. The summed E-state index contributed by atoms with van der Waals surface area (Å²) in [6.45, 7) is 0. The van der Waals surface area contributed by atoms with Crippen molar-refractivity contribution >= 4 is 34.7 Å². The summed E-state index contributed by atoms with van der Waals surface area (Å²) in [5.41, 5.74) is -0.325. The van der Waals surface area contributed by atoms with Crippen molar-refractivity contribution in [2.24, 2.45) is 0 Å². The molecule has 0 amide bonds. The van der Waals surface area contributed by atoms with Crippen molar-refractivity contribution in [3.63, 3.8) is 0 Å². The number of rotatable bonds is 2. The maximum atomic E-state index is 12.4. The molecule has 0 aliphatic rings. The lowest BCUT2D eigenvalue weighted by molar-refractivity contribution is -0.137. The van der Waals surface area contributed by atoms with Gasteiger partial charge in [-0.05, 0) is 35.9 Å². The van der Waals surface area contributed by atoms with Crippen LogP contribution in [-0.2, 0) is 6.18 Å². The van der Waals surface area contributed by atoms with Crippen LogP contribution >= 0.6 is 23.2 Å². The summed E-state index contributed by atoms with van der Waals surface area (Å²) in [4.78, 5) is 7.49. The van der Waals surface area contributed by atoms with E-state index in [-0.39, 0.29) is 16.1 Å². The van der Waals surface area contributed by atoms with E-state index in [0.29, 0.717) is 5.69 Å². The van der Waals surface area contributed by atoms with E-state index in [1.807, 2.05) is 0 Å². The Hall–Kier alpha value is -1.53. The molecule has 2 aromatic rings. The van der Waals surface area contributed by atoms with Crippen LogP contribution in [0.2, 0.25) is 10.3 Å². The second-order valence-corrected chi connectivity index (χ2v) is 4.28. The third-order valence-electron chi connectivity index (χ3n) is 2.19. The minimum Gasteiger partial charge on any atom is -0.339 e. The average Bonchev–Trinajstić information content (AvgIpc) is 2.33. The first-order chi connectivity index (χ1) is 8.86. The number of benzene rings is 1. The topological polar surface area (TPSA) is 37.8 Å². The summed E-state index contributed by atoms with van der Waals surface area (Å²) < 4.78 is 37.2. The van der Waals surface area contributed by atoms with Gasteiger partial charge < -0.3 is 5.32 Å². The number of hydrogen-bond acceptors (Lipinski definition) is 3. The molecule has 1 heterocycles. The summed E-state index contributed by atoms with van der Waals surface area (Å²) in [5.74, 6) is 0.224. The number of alkyl halides is 3. The van der Waals surface area contributed by atoms with Crippen LogP contribution in [0.5, 0.6) is 0 Å². The van der Waals surface area contributed by atoms with E-state index in [4.69, 9.17) is 23.2 Å². The highest BCUT2D eigenvalue weighted by molar-refractivity contribution is 6.33. The molecule has 2 rings (SSSR count). The molecule has 0 spiro atoms. The molecule has 1 aromatic carbocycles.